The van der Waals surface area contributed by atoms with E-state index in [0.717, 1.165) is 25.9 Å². The second-order valence-electron chi connectivity index (χ2n) is 6.44. The zero-order valence-corrected chi connectivity index (χ0v) is 15.8. The van der Waals surface area contributed by atoms with Crippen molar-refractivity contribution in [2.45, 2.75) is 18.9 Å². The van der Waals surface area contributed by atoms with Gasteiger partial charge in [0.2, 0.25) is 0 Å². The van der Waals surface area contributed by atoms with Gasteiger partial charge in [-0.05, 0) is 43.2 Å². The van der Waals surface area contributed by atoms with Crippen molar-refractivity contribution in [1.29, 1.82) is 0 Å². The fraction of sp³-hybridized carbons (Fsp3) is 0.300. The number of hydrogen-bond acceptors (Lipinski definition) is 3. The number of hydrogen-bond donors (Lipinski definition) is 1. The summed E-state index contributed by atoms with van der Waals surface area (Å²) in [5.41, 5.74) is 1.24. The number of likely N-dealkylation sites (tertiary alicyclic amines) is 1. The van der Waals surface area contributed by atoms with Crippen molar-refractivity contribution in [3.63, 3.8) is 0 Å². The smallest absolute Gasteiger partial charge is 0.251 e. The highest BCUT2D eigenvalue weighted by atomic mass is 35.5. The maximum atomic E-state index is 12.4. The minimum absolute atomic E-state index is 0.0235. The predicted octanol–water partition coefficient (Wildman–Crippen LogP) is 4.07. The van der Waals surface area contributed by atoms with E-state index in [0.29, 0.717) is 27.7 Å². The summed E-state index contributed by atoms with van der Waals surface area (Å²) < 4.78 is 0. The fourth-order valence-electron chi connectivity index (χ4n) is 3.06. The van der Waals surface area contributed by atoms with Crippen molar-refractivity contribution in [3.8, 4) is 0 Å². The summed E-state index contributed by atoms with van der Waals surface area (Å²) in [6, 6.07) is 14.3. The third kappa shape index (κ3) is 4.85. The number of rotatable bonds is 5. The second-order valence-corrected chi connectivity index (χ2v) is 7.26. The molecule has 1 amide bonds. The molecule has 3 rings (SSSR count). The average Bonchev–Trinajstić information content (AvgIpc) is 2.66. The van der Waals surface area contributed by atoms with Gasteiger partial charge in [-0.25, -0.2) is 0 Å². The molecule has 1 aliphatic heterocycles. The van der Waals surface area contributed by atoms with Crippen LogP contribution in [0.2, 0.25) is 10.0 Å². The van der Waals surface area contributed by atoms with Gasteiger partial charge in [-0.15, -0.1) is 0 Å². The lowest BCUT2D eigenvalue weighted by atomic mass is 10.0. The van der Waals surface area contributed by atoms with Gasteiger partial charge in [-0.3, -0.25) is 14.5 Å². The van der Waals surface area contributed by atoms with Gasteiger partial charge in [0.25, 0.3) is 5.91 Å². The minimum atomic E-state index is -0.0454. The molecule has 1 heterocycles. The van der Waals surface area contributed by atoms with Crippen LogP contribution in [0.1, 0.15) is 33.6 Å². The van der Waals surface area contributed by atoms with Gasteiger partial charge in [0.15, 0.2) is 5.78 Å². The molecule has 1 N–H and O–H groups in total. The van der Waals surface area contributed by atoms with Gasteiger partial charge < -0.3 is 5.32 Å². The molecule has 2 aromatic rings. The van der Waals surface area contributed by atoms with E-state index in [-0.39, 0.29) is 17.7 Å². The molecule has 4 nitrogen and oxygen atoms in total. The van der Waals surface area contributed by atoms with Crippen molar-refractivity contribution in [2.24, 2.45) is 0 Å². The van der Waals surface area contributed by atoms with Crippen LogP contribution >= 0.6 is 23.2 Å². The zero-order valence-electron chi connectivity index (χ0n) is 14.3. The Labute approximate surface area is 163 Å². The van der Waals surface area contributed by atoms with Crippen LogP contribution in [-0.2, 0) is 0 Å². The van der Waals surface area contributed by atoms with E-state index in [4.69, 9.17) is 23.2 Å². The second kappa shape index (κ2) is 8.67. The maximum absolute atomic E-state index is 12.4. The molecule has 1 fully saturated rings. The molecule has 26 heavy (non-hydrogen) atoms. The van der Waals surface area contributed by atoms with Gasteiger partial charge in [0.1, 0.15) is 0 Å². The van der Waals surface area contributed by atoms with Crippen LogP contribution in [0.5, 0.6) is 0 Å². The molecule has 0 spiro atoms. The minimum Gasteiger partial charge on any atom is -0.349 e. The summed E-state index contributed by atoms with van der Waals surface area (Å²) in [7, 11) is 0. The number of Topliss-reactive ketones (excluding diaryl/α,β-unsaturated/α-hetero) is 1. The lowest BCUT2D eigenvalue weighted by Crippen LogP contribution is -2.45. The predicted molar refractivity (Wildman–Crippen MR) is 104 cm³/mol. The molecule has 0 unspecified atom stereocenters. The van der Waals surface area contributed by atoms with Gasteiger partial charge in [0, 0.05) is 30.3 Å². The van der Waals surface area contributed by atoms with Crippen LogP contribution in [0.25, 0.3) is 0 Å². The summed E-state index contributed by atoms with van der Waals surface area (Å²) in [6.45, 7) is 1.89. The number of piperidine rings is 1. The van der Waals surface area contributed by atoms with Crippen LogP contribution in [-0.4, -0.2) is 42.3 Å². The molecule has 0 saturated carbocycles. The molecule has 6 heteroatoms. The van der Waals surface area contributed by atoms with Crippen molar-refractivity contribution < 1.29 is 9.59 Å². The SMILES string of the molecule is O=C(CN1CCC(NC(=O)c2ccccc2)CC1)c1ccc(Cl)c(Cl)c1. The number of nitrogens with zero attached hydrogens (tertiary/aromatic N) is 1. The summed E-state index contributed by atoms with van der Waals surface area (Å²) in [4.78, 5) is 26.7. The number of nitrogens with one attached hydrogen (secondary N) is 1. The Morgan fingerprint density at radius 3 is 2.31 bits per heavy atom. The summed E-state index contributed by atoms with van der Waals surface area (Å²) in [5, 5.41) is 3.90. The third-order valence-electron chi connectivity index (χ3n) is 4.57. The number of benzene rings is 2. The fourth-order valence-corrected chi connectivity index (χ4v) is 3.36. The summed E-state index contributed by atoms with van der Waals surface area (Å²) >= 11 is 11.9. The third-order valence-corrected chi connectivity index (χ3v) is 5.31. The van der Waals surface area contributed by atoms with E-state index in [9.17, 15) is 9.59 Å². The van der Waals surface area contributed by atoms with E-state index < -0.39 is 0 Å². The van der Waals surface area contributed by atoms with Crippen LogP contribution in [0.15, 0.2) is 48.5 Å². The zero-order chi connectivity index (χ0) is 18.5. The molecule has 1 aliphatic rings. The first-order valence-electron chi connectivity index (χ1n) is 8.59. The lowest BCUT2D eigenvalue weighted by Gasteiger charge is -2.31. The molecular weight excluding hydrogens is 371 g/mol. The summed E-state index contributed by atoms with van der Waals surface area (Å²) in [5.74, 6) is -0.0220. The Kier molecular flexibility index (Phi) is 6.30. The Balaban J connectivity index is 1.48. The first-order chi connectivity index (χ1) is 12.5. The average molecular weight is 391 g/mol. The number of halogens is 2. The van der Waals surface area contributed by atoms with Crippen molar-refractivity contribution in [3.05, 3.63) is 69.7 Å². The Hall–Kier alpha value is -1.88. The molecular formula is C20H20Cl2N2O2. The van der Waals surface area contributed by atoms with E-state index >= 15 is 0 Å². The van der Waals surface area contributed by atoms with E-state index in [1.54, 1.807) is 30.3 Å². The van der Waals surface area contributed by atoms with Crippen molar-refractivity contribution in [1.82, 2.24) is 10.2 Å². The van der Waals surface area contributed by atoms with Crippen LogP contribution < -0.4 is 5.32 Å². The molecule has 2 aromatic carbocycles. The topological polar surface area (TPSA) is 49.4 Å². The molecule has 0 aromatic heterocycles. The number of carbonyl (C=O) groups excluding carboxylic acids is 2. The van der Waals surface area contributed by atoms with Crippen LogP contribution in [0.3, 0.4) is 0 Å². The highest BCUT2D eigenvalue weighted by Crippen LogP contribution is 2.23. The number of ketones is 1. The normalized spacial score (nSPS) is 15.6. The molecule has 0 atom stereocenters. The molecule has 0 bridgehead atoms. The Morgan fingerprint density at radius 1 is 0.962 bits per heavy atom. The number of amides is 1. The first kappa shape index (κ1) is 18.9. The largest absolute Gasteiger partial charge is 0.349 e. The van der Waals surface area contributed by atoms with E-state index in [2.05, 4.69) is 10.2 Å². The van der Waals surface area contributed by atoms with Gasteiger partial charge in [0.05, 0.1) is 16.6 Å². The highest BCUT2D eigenvalue weighted by Gasteiger charge is 2.23. The lowest BCUT2D eigenvalue weighted by molar-refractivity contribution is 0.0859. The van der Waals surface area contributed by atoms with Gasteiger partial charge in [-0.1, -0.05) is 41.4 Å². The Bertz CT molecular complexity index is 788. The number of carbonyl (C=O) groups is 2. The van der Waals surface area contributed by atoms with Gasteiger partial charge in [-0.2, -0.15) is 0 Å². The maximum Gasteiger partial charge on any atom is 0.251 e. The van der Waals surface area contributed by atoms with Crippen molar-refractivity contribution in [2.75, 3.05) is 19.6 Å². The monoisotopic (exact) mass is 390 g/mol. The molecule has 1 saturated heterocycles. The van der Waals surface area contributed by atoms with E-state index in [1.165, 1.54) is 0 Å². The quantitative estimate of drug-likeness (QED) is 0.782. The van der Waals surface area contributed by atoms with Gasteiger partial charge >= 0.3 is 0 Å². The van der Waals surface area contributed by atoms with Crippen LogP contribution in [0.4, 0.5) is 0 Å². The standard InChI is InChI=1S/C20H20Cl2N2O2/c21-17-7-6-15(12-18(17)22)19(25)13-24-10-8-16(9-11-24)23-20(26)14-4-2-1-3-5-14/h1-7,12,16H,8-11,13H2,(H,23,26). The van der Waals surface area contributed by atoms with E-state index in [1.807, 2.05) is 18.2 Å². The first-order valence-corrected chi connectivity index (χ1v) is 9.35. The highest BCUT2D eigenvalue weighted by molar-refractivity contribution is 6.42. The molecule has 0 aliphatic carbocycles. The van der Waals surface area contributed by atoms with Crippen LogP contribution in [0, 0.1) is 0 Å². The Morgan fingerprint density at radius 2 is 1.65 bits per heavy atom. The summed E-state index contributed by atoms with van der Waals surface area (Å²) in [6.07, 6.45) is 1.65. The van der Waals surface area contributed by atoms with Crippen molar-refractivity contribution >= 4 is 34.9 Å². The molecule has 0 radical (unpaired) electrons. The molecule has 136 valence electrons.